The highest BCUT2D eigenvalue weighted by Crippen LogP contribution is 2.20. The normalized spacial score (nSPS) is 10.7. The third-order valence-electron chi connectivity index (χ3n) is 3.70. The minimum Gasteiger partial charge on any atom is -0.345 e. The van der Waals surface area contributed by atoms with E-state index < -0.39 is 0 Å². The van der Waals surface area contributed by atoms with Crippen LogP contribution >= 0.6 is 11.8 Å². The van der Waals surface area contributed by atoms with Gasteiger partial charge in [0.15, 0.2) is 5.82 Å². The minimum atomic E-state index is 0.113. The molecule has 1 aromatic heterocycles. The lowest BCUT2D eigenvalue weighted by Crippen LogP contribution is -2.29. The number of nitrogens with zero attached hydrogens (tertiary/aromatic N) is 3. The summed E-state index contributed by atoms with van der Waals surface area (Å²) in [6.45, 7) is 5.06. The lowest BCUT2D eigenvalue weighted by Gasteiger charge is -2.15. The van der Waals surface area contributed by atoms with Gasteiger partial charge >= 0.3 is 0 Å². The van der Waals surface area contributed by atoms with Gasteiger partial charge in [-0.15, -0.1) is 5.10 Å². The van der Waals surface area contributed by atoms with Gasteiger partial charge in [-0.05, 0) is 18.4 Å². The quantitative estimate of drug-likeness (QED) is 0.753. The van der Waals surface area contributed by atoms with Crippen LogP contribution in [-0.2, 0) is 11.2 Å². The van der Waals surface area contributed by atoms with E-state index in [-0.39, 0.29) is 5.91 Å². The molecule has 0 atom stereocenters. The zero-order valence-corrected chi connectivity index (χ0v) is 14.8. The lowest BCUT2D eigenvalue weighted by atomic mass is 10.1. The van der Waals surface area contributed by atoms with Crippen molar-refractivity contribution in [3.63, 3.8) is 0 Å². The summed E-state index contributed by atoms with van der Waals surface area (Å²) in [6, 6.07) is 8.27. The third kappa shape index (κ3) is 5.10. The molecule has 1 N–H and O–H groups in total. The molecule has 5 nitrogen and oxygen atoms in total. The Morgan fingerprint density at radius 2 is 2.00 bits per heavy atom. The number of carbonyl (C=O) groups is 1. The maximum Gasteiger partial charge on any atom is 0.232 e. The van der Waals surface area contributed by atoms with Crippen molar-refractivity contribution in [2.24, 2.45) is 0 Å². The summed E-state index contributed by atoms with van der Waals surface area (Å²) >= 11 is 1.37. The number of benzene rings is 1. The van der Waals surface area contributed by atoms with E-state index in [1.54, 1.807) is 4.90 Å². The Morgan fingerprint density at radius 1 is 1.26 bits per heavy atom. The Morgan fingerprint density at radius 3 is 2.65 bits per heavy atom. The number of thioether (sulfide) groups is 1. The number of aromatic amines is 1. The number of unbranched alkanes of at least 4 members (excludes halogenated alkanes) is 1. The van der Waals surface area contributed by atoms with Gasteiger partial charge in [0.05, 0.1) is 5.75 Å². The second-order valence-corrected chi connectivity index (χ2v) is 6.42. The van der Waals surface area contributed by atoms with Crippen molar-refractivity contribution in [2.45, 2.75) is 38.3 Å². The van der Waals surface area contributed by atoms with Crippen LogP contribution in [0.1, 0.15) is 32.3 Å². The van der Waals surface area contributed by atoms with Crippen molar-refractivity contribution in [2.75, 3.05) is 19.3 Å². The van der Waals surface area contributed by atoms with E-state index in [4.69, 9.17) is 0 Å². The summed E-state index contributed by atoms with van der Waals surface area (Å²) in [4.78, 5) is 18.2. The van der Waals surface area contributed by atoms with E-state index in [1.807, 2.05) is 19.2 Å². The standard InChI is InChI=1S/C17H24N4OS/c1-4-6-11-21(3)15(22)12-23-17-18-16(19-20-17)14-9-7-13(5-2)8-10-14/h7-10H,4-6,11-12H2,1-3H3,(H,18,19,20). The van der Waals surface area contributed by atoms with E-state index in [9.17, 15) is 4.79 Å². The molecular weight excluding hydrogens is 308 g/mol. The van der Waals surface area contributed by atoms with Gasteiger partial charge in [-0.3, -0.25) is 9.89 Å². The molecule has 23 heavy (non-hydrogen) atoms. The van der Waals surface area contributed by atoms with Gasteiger partial charge in [0.2, 0.25) is 11.1 Å². The molecule has 0 radical (unpaired) electrons. The lowest BCUT2D eigenvalue weighted by molar-refractivity contribution is -0.127. The minimum absolute atomic E-state index is 0.113. The summed E-state index contributed by atoms with van der Waals surface area (Å²) in [5.41, 5.74) is 2.30. The van der Waals surface area contributed by atoms with E-state index in [0.717, 1.165) is 37.2 Å². The van der Waals surface area contributed by atoms with Crippen molar-refractivity contribution in [1.29, 1.82) is 0 Å². The Kier molecular flexibility index (Phi) is 6.65. The van der Waals surface area contributed by atoms with Gasteiger partial charge in [0.25, 0.3) is 0 Å². The molecule has 2 rings (SSSR count). The predicted octanol–water partition coefficient (Wildman–Crippen LogP) is 3.38. The number of rotatable bonds is 8. The number of hydrogen-bond donors (Lipinski definition) is 1. The van der Waals surface area contributed by atoms with Crippen molar-refractivity contribution >= 4 is 17.7 Å². The first-order chi connectivity index (χ1) is 11.1. The predicted molar refractivity (Wildman–Crippen MR) is 94.5 cm³/mol. The Labute approximate surface area is 141 Å². The Bertz CT molecular complexity index is 624. The first-order valence-corrected chi connectivity index (χ1v) is 9.01. The molecule has 0 saturated heterocycles. The summed E-state index contributed by atoms with van der Waals surface area (Å²) in [5, 5.41) is 7.73. The number of amides is 1. The molecule has 124 valence electrons. The van der Waals surface area contributed by atoms with E-state index in [1.165, 1.54) is 17.3 Å². The van der Waals surface area contributed by atoms with Crippen LogP contribution < -0.4 is 0 Å². The number of aryl methyl sites for hydroxylation is 1. The van der Waals surface area contributed by atoms with Crippen molar-refractivity contribution in [3.05, 3.63) is 29.8 Å². The Hall–Kier alpha value is -1.82. The fourth-order valence-electron chi connectivity index (χ4n) is 2.09. The molecule has 0 unspecified atom stereocenters. The molecule has 0 aliphatic carbocycles. The molecule has 0 aliphatic rings. The molecule has 1 amide bonds. The second-order valence-electron chi connectivity index (χ2n) is 5.47. The van der Waals surface area contributed by atoms with E-state index in [0.29, 0.717) is 10.9 Å². The third-order valence-corrected chi connectivity index (χ3v) is 4.53. The van der Waals surface area contributed by atoms with Crippen LogP contribution in [-0.4, -0.2) is 45.3 Å². The number of H-pyrrole nitrogens is 1. The largest absolute Gasteiger partial charge is 0.345 e. The first-order valence-electron chi connectivity index (χ1n) is 8.02. The monoisotopic (exact) mass is 332 g/mol. The second kappa shape index (κ2) is 8.72. The van der Waals surface area contributed by atoms with Crippen LogP contribution in [0.25, 0.3) is 11.4 Å². The summed E-state index contributed by atoms with van der Waals surface area (Å²) in [6.07, 6.45) is 3.14. The molecule has 1 heterocycles. The number of aromatic nitrogens is 3. The molecule has 0 saturated carbocycles. The van der Waals surface area contributed by atoms with Gasteiger partial charge < -0.3 is 4.90 Å². The number of nitrogens with one attached hydrogen (secondary N) is 1. The summed E-state index contributed by atoms with van der Waals surface area (Å²) in [7, 11) is 1.84. The SMILES string of the molecule is CCCCN(C)C(=O)CSc1n[nH]c(-c2ccc(CC)cc2)n1. The zero-order valence-electron chi connectivity index (χ0n) is 14.0. The molecule has 2 aromatic rings. The first kappa shape index (κ1) is 17.5. The van der Waals surface area contributed by atoms with E-state index >= 15 is 0 Å². The fourth-order valence-corrected chi connectivity index (χ4v) is 2.83. The van der Waals surface area contributed by atoms with Gasteiger partial charge in [-0.1, -0.05) is 56.3 Å². The van der Waals surface area contributed by atoms with Crippen LogP contribution in [0.5, 0.6) is 0 Å². The highest BCUT2D eigenvalue weighted by molar-refractivity contribution is 7.99. The van der Waals surface area contributed by atoms with Crippen molar-refractivity contribution in [3.8, 4) is 11.4 Å². The van der Waals surface area contributed by atoms with Crippen LogP contribution in [0.2, 0.25) is 0 Å². The van der Waals surface area contributed by atoms with Gasteiger partial charge in [-0.25, -0.2) is 4.98 Å². The fraction of sp³-hybridized carbons (Fsp3) is 0.471. The zero-order chi connectivity index (χ0) is 16.7. The van der Waals surface area contributed by atoms with E-state index in [2.05, 4.69) is 41.2 Å². The Balaban J connectivity index is 1.90. The molecule has 6 heteroatoms. The van der Waals surface area contributed by atoms with Crippen LogP contribution in [0.3, 0.4) is 0 Å². The highest BCUT2D eigenvalue weighted by atomic mass is 32.2. The average molecular weight is 332 g/mol. The van der Waals surface area contributed by atoms with Crippen LogP contribution in [0, 0.1) is 0 Å². The molecular formula is C17H24N4OS. The molecule has 1 aromatic carbocycles. The summed E-state index contributed by atoms with van der Waals surface area (Å²) < 4.78 is 0. The molecule has 0 bridgehead atoms. The average Bonchev–Trinajstić information content (AvgIpc) is 3.06. The van der Waals surface area contributed by atoms with Gasteiger partial charge in [0, 0.05) is 19.2 Å². The van der Waals surface area contributed by atoms with Crippen molar-refractivity contribution < 1.29 is 4.79 Å². The van der Waals surface area contributed by atoms with Gasteiger partial charge in [0.1, 0.15) is 0 Å². The van der Waals surface area contributed by atoms with Crippen molar-refractivity contribution in [1.82, 2.24) is 20.1 Å². The van der Waals surface area contributed by atoms with Crippen LogP contribution in [0.4, 0.5) is 0 Å². The topological polar surface area (TPSA) is 61.9 Å². The highest BCUT2D eigenvalue weighted by Gasteiger charge is 2.12. The maximum atomic E-state index is 12.0. The summed E-state index contributed by atoms with van der Waals surface area (Å²) in [5.74, 6) is 1.22. The smallest absolute Gasteiger partial charge is 0.232 e. The molecule has 0 aliphatic heterocycles. The number of hydrogen-bond acceptors (Lipinski definition) is 4. The van der Waals surface area contributed by atoms with Gasteiger partial charge in [-0.2, -0.15) is 0 Å². The maximum absolute atomic E-state index is 12.0. The molecule has 0 fully saturated rings. The van der Waals surface area contributed by atoms with Crippen LogP contribution in [0.15, 0.2) is 29.4 Å². The molecule has 0 spiro atoms. The number of carbonyl (C=O) groups excluding carboxylic acids is 1.